The molecule has 0 aliphatic carbocycles. The summed E-state index contributed by atoms with van der Waals surface area (Å²) >= 11 is 1.10. The summed E-state index contributed by atoms with van der Waals surface area (Å²) in [6.45, 7) is 0. The topological polar surface area (TPSA) is 35.2 Å². The lowest BCUT2D eigenvalue weighted by atomic mass is 10.2. The molecule has 0 aromatic heterocycles. The van der Waals surface area contributed by atoms with Gasteiger partial charge in [-0.3, -0.25) is 0 Å². The Morgan fingerprint density at radius 2 is 1.68 bits per heavy atom. The van der Waals surface area contributed by atoms with Gasteiger partial charge in [0.2, 0.25) is 0 Å². The highest BCUT2D eigenvalue weighted by molar-refractivity contribution is 7.98. The van der Waals surface area contributed by atoms with Crippen LogP contribution in [0.4, 0.5) is 14.5 Å². The molecule has 100 valence electrons. The fourth-order valence-corrected chi connectivity index (χ4v) is 2.49. The van der Waals surface area contributed by atoms with Crippen LogP contribution in [0.1, 0.15) is 5.56 Å². The molecule has 0 atom stereocenters. The van der Waals surface area contributed by atoms with Crippen molar-refractivity contribution in [1.29, 1.82) is 0 Å². The Morgan fingerprint density at radius 1 is 1.11 bits per heavy atom. The normalized spacial score (nSPS) is 10.5. The lowest BCUT2D eigenvalue weighted by molar-refractivity contribution is 0.414. The molecule has 0 aliphatic heterocycles. The quantitative estimate of drug-likeness (QED) is 0.683. The molecule has 0 radical (unpaired) electrons. The van der Waals surface area contributed by atoms with Crippen molar-refractivity contribution in [2.45, 2.75) is 10.6 Å². The van der Waals surface area contributed by atoms with Gasteiger partial charge >= 0.3 is 0 Å². The fourth-order valence-electron chi connectivity index (χ4n) is 1.59. The van der Waals surface area contributed by atoms with E-state index >= 15 is 0 Å². The van der Waals surface area contributed by atoms with Crippen LogP contribution in [0.15, 0.2) is 41.3 Å². The molecule has 0 saturated heterocycles. The first-order valence-electron chi connectivity index (χ1n) is 5.60. The number of hydrogen-bond donors (Lipinski definition) is 1. The van der Waals surface area contributed by atoms with E-state index in [1.54, 1.807) is 7.11 Å². The van der Waals surface area contributed by atoms with Crippen molar-refractivity contribution >= 4 is 17.4 Å². The standard InChI is InChI=1S/C14H13F2NOS/c1-18-11-4-2-9(3-5-11)8-19-14-12(15)6-10(17)7-13(14)16/h2-7H,8,17H2,1H3. The van der Waals surface area contributed by atoms with E-state index in [-0.39, 0.29) is 10.6 Å². The van der Waals surface area contributed by atoms with Gasteiger partial charge in [-0.05, 0) is 29.8 Å². The number of benzene rings is 2. The van der Waals surface area contributed by atoms with Crippen LogP contribution in [0, 0.1) is 11.6 Å². The van der Waals surface area contributed by atoms with E-state index in [2.05, 4.69) is 0 Å². The summed E-state index contributed by atoms with van der Waals surface area (Å²) in [5.41, 5.74) is 6.41. The Labute approximate surface area is 114 Å². The first kappa shape index (κ1) is 13.7. The molecule has 0 aliphatic rings. The molecule has 2 aromatic rings. The molecule has 0 spiro atoms. The van der Waals surface area contributed by atoms with Gasteiger partial charge in [0.1, 0.15) is 17.4 Å². The van der Waals surface area contributed by atoms with Crippen LogP contribution < -0.4 is 10.5 Å². The number of anilines is 1. The van der Waals surface area contributed by atoms with Crippen molar-refractivity contribution < 1.29 is 13.5 Å². The maximum Gasteiger partial charge on any atom is 0.141 e. The SMILES string of the molecule is COc1ccc(CSc2c(F)cc(N)cc2F)cc1. The first-order chi connectivity index (χ1) is 9.10. The zero-order valence-corrected chi connectivity index (χ0v) is 11.1. The predicted octanol–water partition coefficient (Wildman–Crippen LogP) is 3.85. The van der Waals surface area contributed by atoms with Crippen LogP contribution in [0.5, 0.6) is 5.75 Å². The average Bonchev–Trinajstić information content (AvgIpc) is 2.38. The molecule has 19 heavy (non-hydrogen) atoms. The van der Waals surface area contributed by atoms with Crippen LogP contribution in [0.3, 0.4) is 0 Å². The summed E-state index contributed by atoms with van der Waals surface area (Å²) in [6, 6.07) is 9.59. The van der Waals surface area contributed by atoms with Crippen LogP contribution in [0.25, 0.3) is 0 Å². The molecule has 2 aromatic carbocycles. The van der Waals surface area contributed by atoms with Crippen molar-refractivity contribution in [3.8, 4) is 5.75 Å². The van der Waals surface area contributed by atoms with Crippen molar-refractivity contribution in [1.82, 2.24) is 0 Å². The molecule has 0 bridgehead atoms. The molecule has 0 amide bonds. The largest absolute Gasteiger partial charge is 0.497 e. The van der Waals surface area contributed by atoms with Gasteiger partial charge in [-0.1, -0.05) is 12.1 Å². The van der Waals surface area contributed by atoms with E-state index < -0.39 is 11.6 Å². The fraction of sp³-hybridized carbons (Fsp3) is 0.143. The minimum absolute atomic E-state index is 0.00924. The zero-order valence-electron chi connectivity index (χ0n) is 10.3. The highest BCUT2D eigenvalue weighted by atomic mass is 32.2. The van der Waals surface area contributed by atoms with Gasteiger partial charge in [-0.15, -0.1) is 11.8 Å². The van der Waals surface area contributed by atoms with E-state index in [1.165, 1.54) is 0 Å². The number of halogens is 2. The summed E-state index contributed by atoms with van der Waals surface area (Å²) in [5.74, 6) is -0.0347. The third-order valence-electron chi connectivity index (χ3n) is 2.56. The first-order valence-corrected chi connectivity index (χ1v) is 6.59. The van der Waals surface area contributed by atoms with Crippen LogP contribution in [-0.4, -0.2) is 7.11 Å². The second-order valence-corrected chi connectivity index (χ2v) is 4.94. The monoisotopic (exact) mass is 281 g/mol. The minimum Gasteiger partial charge on any atom is -0.497 e. The molecule has 2 rings (SSSR count). The van der Waals surface area contributed by atoms with E-state index in [0.717, 1.165) is 35.2 Å². The highest BCUT2D eigenvalue weighted by Crippen LogP contribution is 2.30. The number of nitrogens with two attached hydrogens (primary N) is 1. The Morgan fingerprint density at radius 3 is 2.21 bits per heavy atom. The smallest absolute Gasteiger partial charge is 0.141 e. The van der Waals surface area contributed by atoms with Crippen molar-refractivity contribution in [2.75, 3.05) is 12.8 Å². The van der Waals surface area contributed by atoms with E-state index in [9.17, 15) is 8.78 Å². The van der Waals surface area contributed by atoms with Gasteiger partial charge in [-0.25, -0.2) is 8.78 Å². The molecule has 2 nitrogen and oxygen atoms in total. The summed E-state index contributed by atoms with van der Waals surface area (Å²) in [7, 11) is 1.59. The summed E-state index contributed by atoms with van der Waals surface area (Å²) in [4.78, 5) is -0.00924. The maximum atomic E-state index is 13.6. The Hall–Kier alpha value is -1.75. The minimum atomic E-state index is -0.629. The Bertz CT molecular complexity index is 549. The lowest BCUT2D eigenvalue weighted by Crippen LogP contribution is -1.93. The number of thioether (sulfide) groups is 1. The lowest BCUT2D eigenvalue weighted by Gasteiger charge is -2.07. The molecule has 0 unspecified atom stereocenters. The Kier molecular flexibility index (Phi) is 4.27. The third kappa shape index (κ3) is 3.38. The van der Waals surface area contributed by atoms with Gasteiger partial charge in [-0.2, -0.15) is 0 Å². The molecule has 0 fully saturated rings. The van der Waals surface area contributed by atoms with E-state index in [4.69, 9.17) is 10.5 Å². The van der Waals surface area contributed by atoms with Gasteiger partial charge in [0.05, 0.1) is 12.0 Å². The second kappa shape index (κ2) is 5.93. The van der Waals surface area contributed by atoms with Crippen LogP contribution >= 0.6 is 11.8 Å². The van der Waals surface area contributed by atoms with Gasteiger partial charge < -0.3 is 10.5 Å². The summed E-state index contributed by atoms with van der Waals surface area (Å²) in [6.07, 6.45) is 0. The average molecular weight is 281 g/mol. The highest BCUT2D eigenvalue weighted by Gasteiger charge is 2.11. The van der Waals surface area contributed by atoms with E-state index in [0.29, 0.717) is 5.75 Å². The maximum absolute atomic E-state index is 13.6. The van der Waals surface area contributed by atoms with Crippen LogP contribution in [0.2, 0.25) is 0 Å². The summed E-state index contributed by atoms with van der Waals surface area (Å²) < 4.78 is 32.2. The van der Waals surface area contributed by atoms with Gasteiger partial charge in [0.25, 0.3) is 0 Å². The van der Waals surface area contributed by atoms with Crippen molar-refractivity contribution in [3.05, 3.63) is 53.6 Å². The number of rotatable bonds is 4. The van der Waals surface area contributed by atoms with Crippen molar-refractivity contribution in [3.63, 3.8) is 0 Å². The van der Waals surface area contributed by atoms with Gasteiger partial charge in [0, 0.05) is 11.4 Å². The number of nitrogen functional groups attached to an aromatic ring is 1. The predicted molar refractivity (Wildman–Crippen MR) is 73.3 cm³/mol. The molecular formula is C14H13F2NOS. The zero-order chi connectivity index (χ0) is 13.8. The molecule has 0 saturated carbocycles. The number of methoxy groups -OCH3 is 1. The van der Waals surface area contributed by atoms with Crippen molar-refractivity contribution in [2.24, 2.45) is 0 Å². The third-order valence-corrected chi connectivity index (χ3v) is 3.72. The van der Waals surface area contributed by atoms with Crippen LogP contribution in [-0.2, 0) is 5.75 Å². The number of hydrogen-bond acceptors (Lipinski definition) is 3. The number of ether oxygens (including phenoxy) is 1. The molecule has 0 heterocycles. The van der Waals surface area contributed by atoms with E-state index in [1.807, 2.05) is 24.3 Å². The van der Waals surface area contributed by atoms with Gasteiger partial charge in [0.15, 0.2) is 0 Å². The molecule has 5 heteroatoms. The second-order valence-electron chi connectivity index (χ2n) is 3.95. The summed E-state index contributed by atoms with van der Waals surface area (Å²) in [5, 5.41) is 0. The molecule has 2 N–H and O–H groups in total. The Balaban J connectivity index is 2.10. The molecular weight excluding hydrogens is 268 g/mol.